The van der Waals surface area contributed by atoms with E-state index in [4.69, 9.17) is 9.47 Å². The standard InChI is InChI=1S/C35H39N3O6S/c1-25-21-38(26(2)24-39)35(40)31-15-10-16-32(36-45(41,42)30-13-8-5-9-14-30)34(31)44-33(25)23-37(3)22-27-17-19-29(20-18-27)43-28-11-6-4-7-12-28/h4-20,25-26,33,36,39H,21-24H2,1-3H3/t25-,26+,33-/m1/s1. The molecule has 3 atom stereocenters. The first-order chi connectivity index (χ1) is 21.6. The minimum atomic E-state index is -3.95. The van der Waals surface area contributed by atoms with Crippen LogP contribution in [0.4, 0.5) is 5.69 Å². The molecule has 9 nitrogen and oxygen atoms in total. The zero-order valence-electron chi connectivity index (χ0n) is 25.7. The molecular weight excluding hydrogens is 590 g/mol. The molecule has 0 unspecified atom stereocenters. The average Bonchev–Trinajstić information content (AvgIpc) is 3.04. The van der Waals surface area contributed by atoms with Crippen molar-refractivity contribution in [3.63, 3.8) is 0 Å². The number of carbonyl (C=O) groups is 1. The van der Waals surface area contributed by atoms with Crippen LogP contribution in [0, 0.1) is 5.92 Å². The third-order valence-corrected chi connectivity index (χ3v) is 9.22. The van der Waals surface area contributed by atoms with Crippen molar-refractivity contribution in [3.05, 3.63) is 114 Å². The number of aliphatic hydroxyl groups is 1. The molecule has 0 aliphatic carbocycles. The Morgan fingerprint density at radius 1 is 0.956 bits per heavy atom. The number of benzene rings is 4. The lowest BCUT2D eigenvalue weighted by molar-refractivity contribution is 0.0344. The molecule has 1 amide bonds. The van der Waals surface area contributed by atoms with Gasteiger partial charge >= 0.3 is 0 Å². The van der Waals surface area contributed by atoms with Crippen molar-refractivity contribution in [2.75, 3.05) is 31.5 Å². The number of hydrogen-bond donors (Lipinski definition) is 2. The number of para-hydroxylation sites is 2. The first kappa shape index (κ1) is 32.0. The van der Waals surface area contributed by atoms with E-state index < -0.39 is 22.2 Å². The summed E-state index contributed by atoms with van der Waals surface area (Å²) in [7, 11) is -1.96. The van der Waals surface area contributed by atoms with Crippen molar-refractivity contribution < 1.29 is 27.8 Å². The van der Waals surface area contributed by atoms with Gasteiger partial charge in [-0.15, -0.1) is 0 Å². The predicted molar refractivity (Wildman–Crippen MR) is 174 cm³/mol. The zero-order chi connectivity index (χ0) is 32.0. The minimum Gasteiger partial charge on any atom is -0.486 e. The van der Waals surface area contributed by atoms with Gasteiger partial charge in [0.1, 0.15) is 17.6 Å². The van der Waals surface area contributed by atoms with E-state index in [2.05, 4.69) is 9.62 Å². The quantitative estimate of drug-likeness (QED) is 0.221. The van der Waals surface area contributed by atoms with Crippen LogP contribution in [0.3, 0.4) is 0 Å². The lowest BCUT2D eigenvalue weighted by Crippen LogP contribution is -2.49. The summed E-state index contributed by atoms with van der Waals surface area (Å²) in [5, 5.41) is 9.98. The largest absolute Gasteiger partial charge is 0.486 e. The summed E-state index contributed by atoms with van der Waals surface area (Å²) in [6.07, 6.45) is -0.404. The molecule has 0 saturated heterocycles. The summed E-state index contributed by atoms with van der Waals surface area (Å²) in [4.78, 5) is 17.6. The maximum absolute atomic E-state index is 13.8. The van der Waals surface area contributed by atoms with E-state index in [9.17, 15) is 18.3 Å². The van der Waals surface area contributed by atoms with Crippen LogP contribution in [0.5, 0.6) is 17.2 Å². The molecule has 4 aromatic rings. The number of likely N-dealkylation sites (N-methyl/N-ethyl adjacent to an activating group) is 1. The Labute approximate surface area is 265 Å². The van der Waals surface area contributed by atoms with E-state index in [-0.39, 0.29) is 40.3 Å². The molecule has 0 aromatic heterocycles. The van der Waals surface area contributed by atoms with Gasteiger partial charge in [-0.1, -0.05) is 61.5 Å². The van der Waals surface area contributed by atoms with Crippen LogP contribution in [-0.4, -0.2) is 68.1 Å². The number of anilines is 1. The highest BCUT2D eigenvalue weighted by Gasteiger charge is 2.35. The van der Waals surface area contributed by atoms with Gasteiger partial charge in [0, 0.05) is 25.6 Å². The van der Waals surface area contributed by atoms with Gasteiger partial charge in [0.05, 0.1) is 28.8 Å². The van der Waals surface area contributed by atoms with Crippen molar-refractivity contribution in [1.82, 2.24) is 9.80 Å². The van der Waals surface area contributed by atoms with E-state index >= 15 is 0 Å². The maximum Gasteiger partial charge on any atom is 0.262 e. The number of amides is 1. The van der Waals surface area contributed by atoms with Crippen molar-refractivity contribution in [3.8, 4) is 17.2 Å². The second kappa shape index (κ2) is 14.2. The number of carbonyl (C=O) groups excluding carboxylic acids is 1. The smallest absolute Gasteiger partial charge is 0.262 e. The van der Waals surface area contributed by atoms with E-state index in [0.717, 1.165) is 17.1 Å². The fraction of sp³-hybridized carbons (Fsp3) is 0.286. The van der Waals surface area contributed by atoms with Crippen molar-refractivity contribution in [1.29, 1.82) is 0 Å². The Hall–Kier alpha value is -4.38. The van der Waals surface area contributed by atoms with Gasteiger partial charge in [-0.3, -0.25) is 14.4 Å². The summed E-state index contributed by atoms with van der Waals surface area (Å²) in [5.74, 6) is 1.22. The maximum atomic E-state index is 13.8. The average molecular weight is 630 g/mol. The minimum absolute atomic E-state index is 0.0974. The first-order valence-corrected chi connectivity index (χ1v) is 16.4. The van der Waals surface area contributed by atoms with Crippen LogP contribution in [0.15, 0.2) is 108 Å². The van der Waals surface area contributed by atoms with Crippen LogP contribution in [-0.2, 0) is 16.6 Å². The molecule has 0 spiro atoms. The fourth-order valence-corrected chi connectivity index (χ4v) is 6.40. The van der Waals surface area contributed by atoms with Gasteiger partial charge < -0.3 is 19.5 Å². The summed E-state index contributed by atoms with van der Waals surface area (Å²) in [6.45, 7) is 5.08. The Bertz CT molecular complexity index is 1680. The molecule has 1 aliphatic heterocycles. The Kier molecular flexibility index (Phi) is 10.1. The molecule has 5 rings (SSSR count). The molecule has 4 aromatic carbocycles. The number of rotatable bonds is 11. The van der Waals surface area contributed by atoms with Crippen molar-refractivity contribution in [2.24, 2.45) is 5.92 Å². The molecule has 10 heteroatoms. The van der Waals surface area contributed by atoms with Crippen LogP contribution < -0.4 is 14.2 Å². The predicted octanol–water partition coefficient (Wildman–Crippen LogP) is 5.63. The number of aliphatic hydroxyl groups excluding tert-OH is 1. The number of nitrogens with zero attached hydrogens (tertiary/aromatic N) is 2. The van der Waals surface area contributed by atoms with E-state index in [1.54, 1.807) is 48.2 Å². The highest BCUT2D eigenvalue weighted by Crippen LogP contribution is 2.36. The molecular formula is C35H39N3O6S. The summed E-state index contributed by atoms with van der Waals surface area (Å²) in [5.41, 5.74) is 1.49. The molecule has 0 fully saturated rings. The SMILES string of the molecule is C[C@@H]1CN([C@@H](C)CO)C(=O)c2cccc(NS(=O)(=O)c3ccccc3)c2O[C@@H]1CN(C)Cc1ccc(Oc2ccccc2)cc1. The third-order valence-electron chi connectivity index (χ3n) is 7.84. The molecule has 1 heterocycles. The van der Waals surface area contributed by atoms with E-state index in [1.165, 1.54) is 12.1 Å². The molecule has 236 valence electrons. The summed E-state index contributed by atoms with van der Waals surface area (Å²) in [6, 6.07) is 30.0. The number of fused-ring (bicyclic) bond motifs is 1. The monoisotopic (exact) mass is 629 g/mol. The lowest BCUT2D eigenvalue weighted by Gasteiger charge is -2.38. The molecule has 2 N–H and O–H groups in total. The number of nitrogens with one attached hydrogen (secondary N) is 1. The Morgan fingerprint density at radius 2 is 1.60 bits per heavy atom. The van der Waals surface area contributed by atoms with Crippen LogP contribution in [0.25, 0.3) is 0 Å². The molecule has 1 aliphatic rings. The van der Waals surface area contributed by atoms with Gasteiger partial charge in [-0.25, -0.2) is 8.42 Å². The van der Waals surface area contributed by atoms with Gasteiger partial charge in [0.2, 0.25) is 0 Å². The zero-order valence-corrected chi connectivity index (χ0v) is 26.5. The van der Waals surface area contributed by atoms with Gasteiger partial charge in [0.25, 0.3) is 15.9 Å². The van der Waals surface area contributed by atoms with Gasteiger partial charge in [0.15, 0.2) is 5.75 Å². The summed E-state index contributed by atoms with van der Waals surface area (Å²) < 4.78 is 41.7. The van der Waals surface area contributed by atoms with Crippen molar-refractivity contribution in [2.45, 2.75) is 37.4 Å². The normalized spacial score (nSPS) is 17.5. The number of hydrogen-bond acceptors (Lipinski definition) is 7. The van der Waals surface area contributed by atoms with Gasteiger partial charge in [-0.2, -0.15) is 0 Å². The van der Waals surface area contributed by atoms with Crippen LogP contribution in [0.1, 0.15) is 29.8 Å². The number of sulfonamides is 1. The number of ether oxygens (including phenoxy) is 2. The van der Waals surface area contributed by atoms with Crippen LogP contribution >= 0.6 is 0 Å². The van der Waals surface area contributed by atoms with Crippen molar-refractivity contribution >= 4 is 21.6 Å². The third kappa shape index (κ3) is 7.83. The summed E-state index contributed by atoms with van der Waals surface area (Å²) >= 11 is 0. The molecule has 0 radical (unpaired) electrons. The highest BCUT2D eigenvalue weighted by molar-refractivity contribution is 7.92. The molecule has 0 saturated carbocycles. The second-order valence-electron chi connectivity index (χ2n) is 11.5. The Balaban J connectivity index is 1.39. The topological polar surface area (TPSA) is 108 Å². The Morgan fingerprint density at radius 3 is 2.27 bits per heavy atom. The van der Waals surface area contributed by atoms with E-state index in [0.29, 0.717) is 19.6 Å². The fourth-order valence-electron chi connectivity index (χ4n) is 5.32. The lowest BCUT2D eigenvalue weighted by atomic mass is 9.99. The molecule has 45 heavy (non-hydrogen) atoms. The van der Waals surface area contributed by atoms with Gasteiger partial charge in [-0.05, 0) is 68.1 Å². The van der Waals surface area contributed by atoms with E-state index in [1.807, 2.05) is 68.6 Å². The van der Waals surface area contributed by atoms with Crippen LogP contribution in [0.2, 0.25) is 0 Å². The first-order valence-electron chi connectivity index (χ1n) is 14.9. The highest BCUT2D eigenvalue weighted by atomic mass is 32.2. The molecule has 0 bridgehead atoms. The second-order valence-corrected chi connectivity index (χ2v) is 13.2.